The molecule has 1 saturated heterocycles. The molecule has 7 heteroatoms. The minimum atomic E-state index is -3.49. The third-order valence-corrected chi connectivity index (χ3v) is 5.00. The Morgan fingerprint density at radius 3 is 2.81 bits per heavy atom. The van der Waals surface area contributed by atoms with Crippen molar-refractivity contribution in [2.45, 2.75) is 38.3 Å². The molecule has 2 rings (SSSR count). The molecule has 1 fully saturated rings. The first kappa shape index (κ1) is 16.3. The fourth-order valence-corrected chi connectivity index (χ4v) is 3.52. The van der Waals surface area contributed by atoms with Crippen LogP contribution in [0.5, 0.6) is 0 Å². The van der Waals surface area contributed by atoms with Gasteiger partial charge in [0, 0.05) is 18.2 Å². The Balaban J connectivity index is 1.84. The second-order valence-electron chi connectivity index (χ2n) is 5.31. The van der Waals surface area contributed by atoms with Crippen molar-refractivity contribution in [3.05, 3.63) is 35.4 Å². The Bertz CT molecular complexity index is 572. The Morgan fingerprint density at radius 1 is 1.29 bits per heavy atom. The average Bonchev–Trinajstić information content (AvgIpc) is 2.47. The highest BCUT2D eigenvalue weighted by Crippen LogP contribution is 2.12. The molecule has 1 aliphatic rings. The Hall–Kier alpha value is -1.05. The Morgan fingerprint density at radius 2 is 2.10 bits per heavy atom. The molecule has 0 radical (unpaired) electrons. The molecule has 0 saturated carbocycles. The molecule has 4 nitrogen and oxygen atoms in total. The smallest absolute Gasteiger partial charge is 0.211 e. The topological polar surface area (TPSA) is 58.2 Å². The van der Waals surface area contributed by atoms with E-state index >= 15 is 0 Å². The fraction of sp³-hybridized carbons (Fsp3) is 0.571. The number of rotatable bonds is 6. The first-order valence-electron chi connectivity index (χ1n) is 7.11. The SMILES string of the molecule is O=S(=O)(CCC1CCCCN1)NCc1cc(F)ccc1F. The summed E-state index contributed by atoms with van der Waals surface area (Å²) in [6.07, 6.45) is 3.75. The second kappa shape index (κ2) is 7.29. The molecule has 0 amide bonds. The highest BCUT2D eigenvalue weighted by atomic mass is 32.2. The second-order valence-corrected chi connectivity index (χ2v) is 7.24. The third-order valence-electron chi connectivity index (χ3n) is 3.64. The molecule has 21 heavy (non-hydrogen) atoms. The van der Waals surface area contributed by atoms with Crippen LogP contribution in [0.4, 0.5) is 8.78 Å². The molecule has 2 N–H and O–H groups in total. The number of hydrogen-bond donors (Lipinski definition) is 2. The first-order chi connectivity index (χ1) is 9.96. The van der Waals surface area contributed by atoms with E-state index < -0.39 is 21.7 Å². The largest absolute Gasteiger partial charge is 0.314 e. The summed E-state index contributed by atoms with van der Waals surface area (Å²) in [5.74, 6) is -1.22. The van der Waals surface area contributed by atoms with E-state index in [-0.39, 0.29) is 23.9 Å². The lowest BCUT2D eigenvalue weighted by Crippen LogP contribution is -2.37. The minimum absolute atomic E-state index is 0.00867. The molecule has 1 aliphatic heterocycles. The van der Waals surface area contributed by atoms with Crippen LogP contribution in [0.1, 0.15) is 31.2 Å². The molecule has 1 aromatic rings. The zero-order valence-electron chi connectivity index (χ0n) is 11.7. The lowest BCUT2D eigenvalue weighted by Gasteiger charge is -2.23. The van der Waals surface area contributed by atoms with E-state index in [9.17, 15) is 17.2 Å². The van der Waals surface area contributed by atoms with Gasteiger partial charge in [0.1, 0.15) is 11.6 Å². The monoisotopic (exact) mass is 318 g/mol. The van der Waals surface area contributed by atoms with Crippen molar-refractivity contribution in [2.75, 3.05) is 12.3 Å². The molecular formula is C14H20F2N2O2S. The Kier molecular flexibility index (Phi) is 5.66. The zero-order valence-corrected chi connectivity index (χ0v) is 12.6. The lowest BCUT2D eigenvalue weighted by molar-refractivity contribution is 0.392. The van der Waals surface area contributed by atoms with E-state index in [1.54, 1.807) is 0 Å². The third kappa shape index (κ3) is 5.33. The van der Waals surface area contributed by atoms with Crippen LogP contribution in [0.2, 0.25) is 0 Å². The van der Waals surface area contributed by atoms with Crippen LogP contribution in [-0.2, 0) is 16.6 Å². The van der Waals surface area contributed by atoms with Crippen molar-refractivity contribution in [3.8, 4) is 0 Å². The standard InChI is InChI=1S/C14H20F2N2O2S/c15-12-4-5-14(16)11(9-12)10-18-21(19,20)8-6-13-3-1-2-7-17-13/h4-5,9,13,17-18H,1-3,6-8,10H2. The summed E-state index contributed by atoms with van der Waals surface area (Å²) in [6.45, 7) is 0.691. The van der Waals surface area contributed by atoms with Crippen molar-refractivity contribution in [3.63, 3.8) is 0 Å². The highest BCUT2D eigenvalue weighted by Gasteiger charge is 2.17. The predicted octanol–water partition coefficient (Wildman–Crippen LogP) is 1.92. The summed E-state index contributed by atoms with van der Waals surface area (Å²) in [5.41, 5.74) is 0.00867. The maximum absolute atomic E-state index is 13.4. The summed E-state index contributed by atoms with van der Waals surface area (Å²) in [5, 5.41) is 3.28. The molecule has 0 aromatic heterocycles. The van der Waals surface area contributed by atoms with Gasteiger partial charge in [0.2, 0.25) is 10.0 Å². The van der Waals surface area contributed by atoms with Gasteiger partial charge in [-0.3, -0.25) is 0 Å². The maximum Gasteiger partial charge on any atom is 0.211 e. The van der Waals surface area contributed by atoms with Gasteiger partial charge >= 0.3 is 0 Å². The number of sulfonamides is 1. The molecule has 0 bridgehead atoms. The van der Waals surface area contributed by atoms with Crippen LogP contribution in [-0.4, -0.2) is 26.8 Å². The molecular weight excluding hydrogens is 298 g/mol. The average molecular weight is 318 g/mol. The summed E-state index contributed by atoms with van der Waals surface area (Å²) in [7, 11) is -3.49. The number of hydrogen-bond acceptors (Lipinski definition) is 3. The van der Waals surface area contributed by atoms with Crippen LogP contribution < -0.4 is 10.0 Å². The van der Waals surface area contributed by atoms with Gasteiger partial charge in [-0.05, 0) is 44.0 Å². The lowest BCUT2D eigenvalue weighted by atomic mass is 10.0. The molecule has 1 atom stereocenters. The van der Waals surface area contributed by atoms with Gasteiger partial charge < -0.3 is 5.32 Å². The van der Waals surface area contributed by atoms with Gasteiger partial charge in [-0.15, -0.1) is 0 Å². The molecule has 0 aliphatic carbocycles. The van der Waals surface area contributed by atoms with Crippen LogP contribution in [0.15, 0.2) is 18.2 Å². The van der Waals surface area contributed by atoms with Gasteiger partial charge in [-0.1, -0.05) is 6.42 Å². The maximum atomic E-state index is 13.4. The molecule has 1 aromatic carbocycles. The van der Waals surface area contributed by atoms with Crippen molar-refractivity contribution < 1.29 is 17.2 Å². The van der Waals surface area contributed by atoms with Gasteiger partial charge in [0.25, 0.3) is 0 Å². The molecule has 118 valence electrons. The quantitative estimate of drug-likeness (QED) is 0.842. The van der Waals surface area contributed by atoms with Crippen molar-refractivity contribution in [1.29, 1.82) is 0 Å². The summed E-state index contributed by atoms with van der Waals surface area (Å²) in [6, 6.07) is 3.22. The number of halogens is 2. The van der Waals surface area contributed by atoms with E-state index in [1.807, 2.05) is 0 Å². The van der Waals surface area contributed by atoms with E-state index in [4.69, 9.17) is 0 Å². The Labute approximate surface area is 124 Å². The van der Waals surface area contributed by atoms with Crippen LogP contribution in [0, 0.1) is 11.6 Å². The van der Waals surface area contributed by atoms with Crippen LogP contribution in [0.3, 0.4) is 0 Å². The number of nitrogens with one attached hydrogen (secondary N) is 2. The highest BCUT2D eigenvalue weighted by molar-refractivity contribution is 7.89. The molecule has 1 heterocycles. The van der Waals surface area contributed by atoms with Crippen molar-refractivity contribution in [1.82, 2.24) is 10.0 Å². The first-order valence-corrected chi connectivity index (χ1v) is 8.76. The minimum Gasteiger partial charge on any atom is -0.314 e. The normalized spacial score (nSPS) is 19.6. The van der Waals surface area contributed by atoms with Crippen molar-refractivity contribution >= 4 is 10.0 Å². The fourth-order valence-electron chi connectivity index (χ4n) is 2.41. The number of piperidine rings is 1. The molecule has 0 spiro atoms. The van der Waals surface area contributed by atoms with E-state index in [0.29, 0.717) is 6.42 Å². The summed E-state index contributed by atoms with van der Waals surface area (Å²) < 4.78 is 52.5. The summed E-state index contributed by atoms with van der Waals surface area (Å²) in [4.78, 5) is 0. The van der Waals surface area contributed by atoms with Crippen LogP contribution >= 0.6 is 0 Å². The van der Waals surface area contributed by atoms with Gasteiger partial charge in [0.15, 0.2) is 0 Å². The number of benzene rings is 1. The predicted molar refractivity (Wildman–Crippen MR) is 77.2 cm³/mol. The van der Waals surface area contributed by atoms with Crippen molar-refractivity contribution in [2.24, 2.45) is 0 Å². The molecule has 1 unspecified atom stereocenters. The van der Waals surface area contributed by atoms with Gasteiger partial charge in [-0.2, -0.15) is 0 Å². The van der Waals surface area contributed by atoms with E-state index in [1.165, 1.54) is 0 Å². The zero-order chi connectivity index (χ0) is 15.3. The summed E-state index contributed by atoms with van der Waals surface area (Å²) >= 11 is 0. The van der Waals surface area contributed by atoms with Gasteiger partial charge in [-0.25, -0.2) is 21.9 Å². The van der Waals surface area contributed by atoms with E-state index in [2.05, 4.69) is 10.0 Å². The van der Waals surface area contributed by atoms with E-state index in [0.717, 1.165) is 44.0 Å². The van der Waals surface area contributed by atoms with Gasteiger partial charge in [0.05, 0.1) is 5.75 Å². The van der Waals surface area contributed by atoms with Crippen LogP contribution in [0.25, 0.3) is 0 Å².